The van der Waals surface area contributed by atoms with Crippen LogP contribution in [0.15, 0.2) is 0 Å². The first-order valence-electron chi connectivity index (χ1n) is 6.83. The minimum Gasteiger partial charge on any atom is -0.457 e. The Morgan fingerprint density at radius 2 is 2.11 bits per heavy atom. The van der Waals surface area contributed by atoms with Crippen molar-refractivity contribution in [1.82, 2.24) is 0 Å². The highest BCUT2D eigenvalue weighted by Crippen LogP contribution is 2.34. The topological polar surface area (TPSA) is 44.8 Å². The van der Waals surface area contributed by atoms with Crippen LogP contribution in [0.1, 0.15) is 53.4 Å². The van der Waals surface area contributed by atoms with Gasteiger partial charge in [0.05, 0.1) is 12.2 Å². The first-order valence-corrected chi connectivity index (χ1v) is 6.83. The average Bonchev–Trinajstić information content (AvgIpc) is 2.31. The summed E-state index contributed by atoms with van der Waals surface area (Å²) in [7, 11) is 1.66. The van der Waals surface area contributed by atoms with Crippen molar-refractivity contribution < 1.29 is 19.0 Å². The van der Waals surface area contributed by atoms with E-state index in [1.54, 1.807) is 7.11 Å². The van der Waals surface area contributed by atoms with Gasteiger partial charge in [0.25, 0.3) is 0 Å². The van der Waals surface area contributed by atoms with E-state index >= 15 is 0 Å². The molecular formula is C14H26O4. The van der Waals surface area contributed by atoms with Crippen molar-refractivity contribution in [3.05, 3.63) is 0 Å². The standard InChI is InChI=1S/C14H26O4/c1-6-7-8-12(15)18-13-11(3)17-10(2)9-14(13,4)16-5/h10-11,13H,6-9H2,1-5H3/t10-,11?,13-,14+/m0/s1. The van der Waals surface area contributed by atoms with Gasteiger partial charge in [-0.3, -0.25) is 4.79 Å². The summed E-state index contributed by atoms with van der Waals surface area (Å²) in [5.74, 6) is -0.157. The summed E-state index contributed by atoms with van der Waals surface area (Å²) in [6.07, 6.45) is 2.71. The van der Waals surface area contributed by atoms with Crippen molar-refractivity contribution in [2.45, 2.75) is 77.3 Å². The molecule has 106 valence electrons. The molecule has 4 nitrogen and oxygen atoms in total. The van der Waals surface area contributed by atoms with Gasteiger partial charge in [0.1, 0.15) is 5.60 Å². The third-order valence-electron chi connectivity index (χ3n) is 3.63. The molecule has 1 heterocycles. The number of hydrogen-bond donors (Lipinski definition) is 0. The maximum Gasteiger partial charge on any atom is 0.306 e. The van der Waals surface area contributed by atoms with Gasteiger partial charge < -0.3 is 14.2 Å². The van der Waals surface area contributed by atoms with Gasteiger partial charge in [0.15, 0.2) is 6.10 Å². The molecule has 0 aromatic heterocycles. The zero-order valence-corrected chi connectivity index (χ0v) is 12.2. The number of methoxy groups -OCH3 is 1. The number of unbranched alkanes of at least 4 members (excludes halogenated alkanes) is 1. The smallest absolute Gasteiger partial charge is 0.306 e. The second-order valence-corrected chi connectivity index (χ2v) is 5.39. The molecule has 18 heavy (non-hydrogen) atoms. The zero-order valence-electron chi connectivity index (χ0n) is 12.2. The highest BCUT2D eigenvalue weighted by atomic mass is 16.6. The minimum absolute atomic E-state index is 0.121. The molecule has 4 atom stereocenters. The summed E-state index contributed by atoms with van der Waals surface area (Å²) in [4.78, 5) is 11.8. The Bertz CT molecular complexity index is 279. The molecule has 0 spiro atoms. The molecule has 1 aliphatic rings. The first-order chi connectivity index (χ1) is 8.42. The van der Waals surface area contributed by atoms with Crippen molar-refractivity contribution in [2.24, 2.45) is 0 Å². The van der Waals surface area contributed by atoms with E-state index in [-0.39, 0.29) is 24.3 Å². The van der Waals surface area contributed by atoms with E-state index in [1.807, 2.05) is 20.8 Å². The Hall–Kier alpha value is -0.610. The Balaban J connectivity index is 2.67. The van der Waals surface area contributed by atoms with Gasteiger partial charge in [-0.1, -0.05) is 13.3 Å². The van der Waals surface area contributed by atoms with Gasteiger partial charge in [0.2, 0.25) is 0 Å². The number of carbonyl (C=O) groups excluding carboxylic acids is 1. The van der Waals surface area contributed by atoms with Crippen LogP contribution in [0.4, 0.5) is 0 Å². The van der Waals surface area contributed by atoms with Crippen LogP contribution in [0.5, 0.6) is 0 Å². The van der Waals surface area contributed by atoms with Crippen molar-refractivity contribution in [3.8, 4) is 0 Å². The maximum atomic E-state index is 11.8. The van der Waals surface area contributed by atoms with Gasteiger partial charge in [-0.05, 0) is 27.2 Å². The number of carbonyl (C=O) groups is 1. The molecule has 1 unspecified atom stereocenters. The maximum absolute atomic E-state index is 11.8. The van der Waals surface area contributed by atoms with Crippen LogP contribution in [-0.2, 0) is 19.0 Å². The van der Waals surface area contributed by atoms with E-state index in [2.05, 4.69) is 6.92 Å². The van der Waals surface area contributed by atoms with Crippen LogP contribution in [0, 0.1) is 0 Å². The van der Waals surface area contributed by atoms with E-state index in [4.69, 9.17) is 14.2 Å². The average molecular weight is 258 g/mol. The van der Waals surface area contributed by atoms with E-state index in [0.717, 1.165) is 19.3 Å². The Morgan fingerprint density at radius 3 is 2.67 bits per heavy atom. The van der Waals surface area contributed by atoms with Gasteiger partial charge in [0, 0.05) is 20.0 Å². The van der Waals surface area contributed by atoms with E-state index in [9.17, 15) is 4.79 Å². The monoisotopic (exact) mass is 258 g/mol. The summed E-state index contributed by atoms with van der Waals surface area (Å²) in [5, 5.41) is 0. The molecule has 0 aromatic carbocycles. The van der Waals surface area contributed by atoms with Crippen LogP contribution in [0.3, 0.4) is 0 Å². The molecule has 4 heteroatoms. The molecule has 0 saturated carbocycles. The Kier molecular flexibility index (Phi) is 5.60. The molecule has 0 amide bonds. The fourth-order valence-electron chi connectivity index (χ4n) is 2.61. The van der Waals surface area contributed by atoms with Crippen molar-refractivity contribution in [3.63, 3.8) is 0 Å². The number of ether oxygens (including phenoxy) is 3. The number of esters is 1. The molecular weight excluding hydrogens is 232 g/mol. The molecule has 1 aliphatic heterocycles. The molecule has 0 N–H and O–H groups in total. The predicted molar refractivity (Wildman–Crippen MR) is 69.4 cm³/mol. The van der Waals surface area contributed by atoms with Crippen LogP contribution in [0.2, 0.25) is 0 Å². The Labute approximate surface area is 110 Å². The lowest BCUT2D eigenvalue weighted by Crippen LogP contribution is -2.57. The summed E-state index contributed by atoms with van der Waals surface area (Å²) in [5.41, 5.74) is -0.459. The molecule has 1 rings (SSSR count). The molecule has 0 bridgehead atoms. The SMILES string of the molecule is CCCCC(=O)O[C@H]1C(C)O[C@@H](C)C[C@@]1(C)OC. The highest BCUT2D eigenvalue weighted by molar-refractivity contribution is 5.69. The van der Waals surface area contributed by atoms with Gasteiger partial charge >= 0.3 is 5.97 Å². The molecule has 0 aromatic rings. The largest absolute Gasteiger partial charge is 0.457 e. The normalized spacial score (nSPS) is 36.4. The fraction of sp³-hybridized carbons (Fsp3) is 0.929. The lowest BCUT2D eigenvalue weighted by Gasteiger charge is -2.45. The Morgan fingerprint density at radius 1 is 1.44 bits per heavy atom. The number of hydrogen-bond acceptors (Lipinski definition) is 4. The fourth-order valence-corrected chi connectivity index (χ4v) is 2.61. The lowest BCUT2D eigenvalue weighted by molar-refractivity contribution is -0.226. The lowest BCUT2D eigenvalue weighted by atomic mass is 9.86. The predicted octanol–water partition coefficient (Wildman–Crippen LogP) is 2.69. The van der Waals surface area contributed by atoms with Crippen LogP contribution < -0.4 is 0 Å². The molecule has 1 fully saturated rings. The quantitative estimate of drug-likeness (QED) is 0.711. The summed E-state index contributed by atoms with van der Waals surface area (Å²) in [6, 6.07) is 0. The van der Waals surface area contributed by atoms with E-state index in [1.165, 1.54) is 0 Å². The van der Waals surface area contributed by atoms with Gasteiger partial charge in [-0.15, -0.1) is 0 Å². The van der Waals surface area contributed by atoms with E-state index in [0.29, 0.717) is 6.42 Å². The van der Waals surface area contributed by atoms with Crippen LogP contribution in [0.25, 0.3) is 0 Å². The summed E-state index contributed by atoms with van der Waals surface area (Å²) >= 11 is 0. The first kappa shape index (κ1) is 15.4. The second kappa shape index (κ2) is 6.53. The zero-order chi connectivity index (χ0) is 13.8. The van der Waals surface area contributed by atoms with Gasteiger partial charge in [-0.2, -0.15) is 0 Å². The minimum atomic E-state index is -0.459. The number of rotatable bonds is 5. The third-order valence-corrected chi connectivity index (χ3v) is 3.63. The van der Waals surface area contributed by atoms with Gasteiger partial charge in [-0.25, -0.2) is 0 Å². The highest BCUT2D eigenvalue weighted by Gasteiger charge is 2.46. The van der Waals surface area contributed by atoms with Crippen molar-refractivity contribution in [2.75, 3.05) is 7.11 Å². The van der Waals surface area contributed by atoms with Crippen molar-refractivity contribution >= 4 is 5.97 Å². The summed E-state index contributed by atoms with van der Waals surface area (Å²) < 4.78 is 16.9. The van der Waals surface area contributed by atoms with E-state index < -0.39 is 5.60 Å². The second-order valence-electron chi connectivity index (χ2n) is 5.39. The molecule has 1 saturated heterocycles. The molecule has 0 radical (unpaired) electrons. The van der Waals surface area contributed by atoms with Crippen molar-refractivity contribution in [1.29, 1.82) is 0 Å². The van der Waals surface area contributed by atoms with Crippen LogP contribution in [-0.4, -0.2) is 37.0 Å². The summed E-state index contributed by atoms with van der Waals surface area (Å²) in [6.45, 7) is 7.99. The molecule has 0 aliphatic carbocycles. The third kappa shape index (κ3) is 3.69. The van der Waals surface area contributed by atoms with Crippen LogP contribution >= 0.6 is 0 Å².